The normalized spacial score (nSPS) is 14.4. The molecule has 0 spiro atoms. The Kier molecular flexibility index (Phi) is 5.80. The van der Waals surface area contributed by atoms with Gasteiger partial charge in [-0.25, -0.2) is 0 Å². The number of para-hydroxylation sites is 1. The van der Waals surface area contributed by atoms with E-state index in [9.17, 15) is 0 Å². The van der Waals surface area contributed by atoms with Crippen LogP contribution in [0.15, 0.2) is 140 Å². The first-order valence-electron chi connectivity index (χ1n) is 15.7. The first-order valence-corrected chi connectivity index (χ1v) is 15.7. The zero-order valence-electron chi connectivity index (χ0n) is 24.6. The third-order valence-corrected chi connectivity index (χ3v) is 9.44. The molecule has 5 aromatic carbocycles. The molecule has 0 atom stereocenters. The third kappa shape index (κ3) is 3.95. The van der Waals surface area contributed by atoms with Crippen LogP contribution in [0.5, 0.6) is 0 Å². The number of hydrogen-bond donors (Lipinski definition) is 0. The van der Waals surface area contributed by atoms with Crippen LogP contribution >= 0.6 is 0 Å². The fraction of sp³-hybridized carbons (Fsp3) is 0.0952. The summed E-state index contributed by atoms with van der Waals surface area (Å²) < 4.78 is 4.96. The summed E-state index contributed by atoms with van der Waals surface area (Å²) in [7, 11) is 0. The largest absolute Gasteiger partial charge is 0.317 e. The van der Waals surface area contributed by atoms with E-state index in [0.29, 0.717) is 0 Å². The lowest BCUT2D eigenvalue weighted by Gasteiger charge is -2.17. The number of allylic oxidation sites excluding steroid dienone is 5. The summed E-state index contributed by atoms with van der Waals surface area (Å²) in [5.41, 5.74) is 14.2. The van der Waals surface area contributed by atoms with Crippen molar-refractivity contribution < 1.29 is 0 Å². The van der Waals surface area contributed by atoms with Crippen molar-refractivity contribution in [3.05, 3.63) is 151 Å². The summed E-state index contributed by atoms with van der Waals surface area (Å²) >= 11 is 0. The second kappa shape index (κ2) is 10.1. The Bertz CT molecular complexity index is 2310. The predicted molar refractivity (Wildman–Crippen MR) is 187 cm³/mol. The Morgan fingerprint density at radius 3 is 1.93 bits per heavy atom. The van der Waals surface area contributed by atoms with Crippen LogP contribution < -0.4 is 0 Å². The molecule has 2 heteroatoms. The first-order chi connectivity index (χ1) is 21.8. The zero-order chi connectivity index (χ0) is 29.0. The van der Waals surface area contributed by atoms with E-state index >= 15 is 0 Å². The first kappa shape index (κ1) is 25.2. The number of benzene rings is 5. The highest BCUT2D eigenvalue weighted by Gasteiger charge is 2.21. The number of rotatable bonds is 4. The van der Waals surface area contributed by atoms with E-state index in [1.54, 1.807) is 0 Å². The van der Waals surface area contributed by atoms with Gasteiger partial charge in [-0.15, -0.1) is 0 Å². The van der Waals surface area contributed by atoms with Crippen LogP contribution in [0.4, 0.5) is 0 Å². The fourth-order valence-electron chi connectivity index (χ4n) is 7.37. The summed E-state index contributed by atoms with van der Waals surface area (Å²) in [5.74, 6) is 0. The molecule has 2 aliphatic rings. The van der Waals surface area contributed by atoms with E-state index in [2.05, 4.69) is 155 Å². The molecule has 210 valence electrons. The molecule has 44 heavy (non-hydrogen) atoms. The van der Waals surface area contributed by atoms with Crippen LogP contribution in [0, 0.1) is 0 Å². The van der Waals surface area contributed by atoms with Gasteiger partial charge in [0, 0.05) is 38.8 Å². The van der Waals surface area contributed by atoms with Gasteiger partial charge in [0.1, 0.15) is 0 Å². The maximum atomic E-state index is 2.54. The second-order valence-electron chi connectivity index (χ2n) is 12.0. The van der Waals surface area contributed by atoms with Crippen LogP contribution in [0.25, 0.3) is 72.4 Å². The molecule has 2 heterocycles. The minimum atomic E-state index is 1.09. The van der Waals surface area contributed by atoms with Crippen molar-refractivity contribution in [3.8, 4) is 27.9 Å². The third-order valence-electron chi connectivity index (χ3n) is 9.44. The van der Waals surface area contributed by atoms with Gasteiger partial charge in [0.05, 0.1) is 16.6 Å². The highest BCUT2D eigenvalue weighted by Crippen LogP contribution is 2.40. The Morgan fingerprint density at radius 2 is 1.16 bits per heavy atom. The van der Waals surface area contributed by atoms with Gasteiger partial charge in [-0.1, -0.05) is 97.1 Å². The SMILES string of the molecule is C1=CCCC(n2c3c(c4cc(-c5ccc6c(c5)c5ccc(-c7ccccc7)cc5n6-c5ccccc5)ccc42)C=CCC3)=C1. The number of aromatic nitrogens is 2. The van der Waals surface area contributed by atoms with E-state index in [-0.39, 0.29) is 0 Å². The van der Waals surface area contributed by atoms with Crippen molar-refractivity contribution in [1.82, 2.24) is 9.13 Å². The molecule has 9 rings (SSSR count). The minimum absolute atomic E-state index is 1.09. The number of fused-ring (bicyclic) bond motifs is 6. The maximum absolute atomic E-state index is 2.54. The minimum Gasteiger partial charge on any atom is -0.317 e. The van der Waals surface area contributed by atoms with Crippen molar-refractivity contribution in [1.29, 1.82) is 0 Å². The van der Waals surface area contributed by atoms with Gasteiger partial charge < -0.3 is 9.13 Å². The number of hydrogen-bond acceptors (Lipinski definition) is 0. The van der Waals surface area contributed by atoms with Crippen molar-refractivity contribution in [2.24, 2.45) is 0 Å². The molecule has 0 saturated carbocycles. The molecule has 0 amide bonds. The monoisotopic (exact) mass is 564 g/mol. The molecule has 2 nitrogen and oxygen atoms in total. The van der Waals surface area contributed by atoms with Crippen molar-refractivity contribution in [2.45, 2.75) is 25.7 Å². The van der Waals surface area contributed by atoms with Crippen molar-refractivity contribution >= 4 is 44.5 Å². The molecule has 0 fully saturated rings. The molecule has 0 saturated heterocycles. The highest BCUT2D eigenvalue weighted by molar-refractivity contribution is 6.11. The van der Waals surface area contributed by atoms with Gasteiger partial charge in [-0.3, -0.25) is 0 Å². The average Bonchev–Trinajstić information content (AvgIpc) is 3.61. The lowest BCUT2D eigenvalue weighted by atomic mass is 9.98. The van der Waals surface area contributed by atoms with Gasteiger partial charge in [0.2, 0.25) is 0 Å². The molecule has 2 aliphatic carbocycles. The van der Waals surface area contributed by atoms with Crippen LogP contribution in [0.3, 0.4) is 0 Å². The molecule has 0 bridgehead atoms. The number of nitrogens with zero attached hydrogens (tertiary/aromatic N) is 2. The van der Waals surface area contributed by atoms with Gasteiger partial charge in [0.15, 0.2) is 0 Å². The van der Waals surface area contributed by atoms with Gasteiger partial charge in [0.25, 0.3) is 0 Å². The maximum Gasteiger partial charge on any atom is 0.0547 e. The van der Waals surface area contributed by atoms with Crippen LogP contribution in [0.1, 0.15) is 30.5 Å². The average molecular weight is 565 g/mol. The molecule has 0 radical (unpaired) electrons. The summed E-state index contributed by atoms with van der Waals surface area (Å²) in [6.07, 6.45) is 15.9. The van der Waals surface area contributed by atoms with Crippen LogP contribution in [0.2, 0.25) is 0 Å². The zero-order valence-corrected chi connectivity index (χ0v) is 24.6. The van der Waals surface area contributed by atoms with Crippen molar-refractivity contribution in [3.63, 3.8) is 0 Å². The fourth-order valence-corrected chi connectivity index (χ4v) is 7.37. The van der Waals surface area contributed by atoms with Crippen LogP contribution in [-0.4, -0.2) is 9.13 Å². The summed E-state index contributed by atoms with van der Waals surface area (Å²) in [6, 6.07) is 42.4. The molecular weight excluding hydrogens is 532 g/mol. The van der Waals surface area contributed by atoms with Crippen molar-refractivity contribution in [2.75, 3.05) is 0 Å². The smallest absolute Gasteiger partial charge is 0.0547 e. The van der Waals surface area contributed by atoms with E-state index < -0.39 is 0 Å². The molecule has 0 N–H and O–H groups in total. The highest BCUT2D eigenvalue weighted by atomic mass is 15.0. The second-order valence-corrected chi connectivity index (χ2v) is 12.0. The lowest BCUT2D eigenvalue weighted by molar-refractivity contribution is 0.863. The van der Waals surface area contributed by atoms with E-state index in [1.165, 1.54) is 77.6 Å². The Labute approximate surface area is 257 Å². The Balaban J connectivity index is 1.24. The van der Waals surface area contributed by atoms with E-state index in [0.717, 1.165) is 25.7 Å². The standard InChI is InChI=1S/C42H32N2/c1-4-12-29(13-5-1)32-20-23-36-38-27-31(22-25-41(38)44(42(36)28-32)34-16-8-3-9-17-34)30-21-24-40-37(26-30)35-18-10-11-19-39(35)43(40)33-14-6-2-7-15-33/h1-6,8-10,12-14,16-18,20-28H,7,11,15,19H2. The van der Waals surface area contributed by atoms with E-state index in [1.807, 2.05) is 0 Å². The summed E-state index contributed by atoms with van der Waals surface area (Å²) in [5, 5.41) is 3.90. The summed E-state index contributed by atoms with van der Waals surface area (Å²) in [6.45, 7) is 0. The molecule has 2 aromatic heterocycles. The Hall–Kier alpha value is -5.34. The summed E-state index contributed by atoms with van der Waals surface area (Å²) in [4.78, 5) is 0. The molecule has 0 aliphatic heterocycles. The molecular formula is C42H32N2. The van der Waals surface area contributed by atoms with Crippen LogP contribution in [-0.2, 0) is 6.42 Å². The predicted octanol–water partition coefficient (Wildman–Crippen LogP) is 11.2. The molecule has 0 unspecified atom stereocenters. The van der Waals surface area contributed by atoms with Gasteiger partial charge in [-0.2, -0.15) is 0 Å². The topological polar surface area (TPSA) is 9.86 Å². The Morgan fingerprint density at radius 1 is 0.477 bits per heavy atom. The quantitative estimate of drug-likeness (QED) is 0.201. The van der Waals surface area contributed by atoms with E-state index in [4.69, 9.17) is 0 Å². The van der Waals surface area contributed by atoms with Gasteiger partial charge in [-0.05, 0) is 96.5 Å². The lowest BCUT2D eigenvalue weighted by Crippen LogP contribution is -2.05. The molecule has 7 aromatic rings. The van der Waals surface area contributed by atoms with Gasteiger partial charge >= 0.3 is 0 Å².